The molecule has 0 amide bonds. The second-order valence-electron chi connectivity index (χ2n) is 5.93. The molecular weight excluding hydrogens is 288 g/mol. The molecule has 4 heteroatoms. The Kier molecular flexibility index (Phi) is 10.8. The zero-order valence-corrected chi connectivity index (χ0v) is 14.6. The topological polar surface area (TPSA) is 51.5 Å². The first kappa shape index (κ1) is 19.3. The van der Waals surface area contributed by atoms with Gasteiger partial charge in [0.2, 0.25) is 0 Å². The van der Waals surface area contributed by atoms with E-state index in [9.17, 15) is 4.79 Å². The Morgan fingerprint density at radius 1 is 1.04 bits per heavy atom. The van der Waals surface area contributed by atoms with E-state index >= 15 is 0 Å². The Bertz CT molecular complexity index is 458. The Balaban J connectivity index is 2.04. The first-order valence-electron chi connectivity index (χ1n) is 8.90. The highest BCUT2D eigenvalue weighted by atomic mass is 16.7. The lowest BCUT2D eigenvalue weighted by Crippen LogP contribution is -2.04. The molecule has 1 aromatic heterocycles. The van der Waals surface area contributed by atoms with Crippen LogP contribution in [0.4, 0.5) is 0 Å². The summed E-state index contributed by atoms with van der Waals surface area (Å²) in [6, 6.07) is 5.56. The van der Waals surface area contributed by atoms with E-state index in [-0.39, 0.29) is 5.97 Å². The molecule has 1 aromatic rings. The summed E-state index contributed by atoms with van der Waals surface area (Å²) in [4.78, 5) is 20.7. The number of nitrogens with zero attached hydrogens (tertiary/aromatic N) is 2. The lowest BCUT2D eigenvalue weighted by atomic mass is 10.1. The van der Waals surface area contributed by atoms with Crippen molar-refractivity contribution in [2.75, 3.05) is 0 Å². The minimum Gasteiger partial charge on any atom is -0.318 e. The predicted octanol–water partition coefficient (Wildman–Crippen LogP) is 5.27. The molecule has 0 radical (unpaired) electrons. The van der Waals surface area contributed by atoms with Crippen LogP contribution >= 0.6 is 0 Å². The van der Waals surface area contributed by atoms with Crippen LogP contribution in [0.25, 0.3) is 0 Å². The fourth-order valence-electron chi connectivity index (χ4n) is 2.37. The van der Waals surface area contributed by atoms with Crippen LogP contribution in [0.3, 0.4) is 0 Å². The van der Waals surface area contributed by atoms with E-state index in [1.165, 1.54) is 44.9 Å². The van der Waals surface area contributed by atoms with Crippen LogP contribution in [0.1, 0.15) is 83.7 Å². The molecule has 0 N–H and O–H groups in total. The molecule has 128 valence electrons. The first-order valence-corrected chi connectivity index (χ1v) is 8.90. The number of rotatable bonds is 12. The first-order chi connectivity index (χ1) is 11.2. The fraction of sp³-hybridized carbons (Fsp3) is 0.632. The van der Waals surface area contributed by atoms with Crippen molar-refractivity contribution in [2.45, 2.75) is 78.1 Å². The zero-order chi connectivity index (χ0) is 16.8. The quantitative estimate of drug-likeness (QED) is 0.228. The van der Waals surface area contributed by atoms with Gasteiger partial charge in [0.05, 0.1) is 5.69 Å². The number of unbranched alkanes of at least 4 members (excludes halogenated alkanes) is 8. The second kappa shape index (κ2) is 12.8. The molecule has 0 fully saturated rings. The van der Waals surface area contributed by atoms with Crippen molar-refractivity contribution in [3.63, 3.8) is 0 Å². The van der Waals surface area contributed by atoms with E-state index in [0.717, 1.165) is 18.5 Å². The molecule has 0 bridgehead atoms. The van der Waals surface area contributed by atoms with E-state index < -0.39 is 0 Å². The number of carbonyl (C=O) groups is 1. The molecule has 4 nitrogen and oxygen atoms in total. The number of oxime groups is 1. The molecule has 1 heterocycles. The van der Waals surface area contributed by atoms with Crippen molar-refractivity contribution in [2.24, 2.45) is 5.16 Å². The van der Waals surface area contributed by atoms with Gasteiger partial charge in [-0.1, -0.05) is 69.5 Å². The summed E-state index contributed by atoms with van der Waals surface area (Å²) in [6.07, 6.45) is 13.2. The summed E-state index contributed by atoms with van der Waals surface area (Å²) in [7, 11) is 0. The van der Waals surface area contributed by atoms with Gasteiger partial charge in [-0.25, -0.2) is 4.79 Å². The average Bonchev–Trinajstić information content (AvgIpc) is 2.59. The van der Waals surface area contributed by atoms with Crippen molar-refractivity contribution >= 4 is 11.7 Å². The third-order valence-electron chi connectivity index (χ3n) is 3.80. The van der Waals surface area contributed by atoms with E-state index in [1.807, 2.05) is 18.2 Å². The maximum absolute atomic E-state index is 11.6. The van der Waals surface area contributed by atoms with Crippen LogP contribution in [0.15, 0.2) is 29.6 Å². The van der Waals surface area contributed by atoms with Crippen molar-refractivity contribution in [1.82, 2.24) is 4.98 Å². The fourth-order valence-corrected chi connectivity index (χ4v) is 2.37. The molecule has 0 saturated carbocycles. The number of aromatic nitrogens is 1. The minimum absolute atomic E-state index is 0.261. The number of hydrogen-bond donors (Lipinski definition) is 0. The molecule has 23 heavy (non-hydrogen) atoms. The van der Waals surface area contributed by atoms with Crippen LogP contribution in [-0.4, -0.2) is 16.7 Å². The molecule has 1 rings (SSSR count). The molecule has 0 aromatic carbocycles. The van der Waals surface area contributed by atoms with Gasteiger partial charge in [-0.3, -0.25) is 4.98 Å². The van der Waals surface area contributed by atoms with Crippen LogP contribution < -0.4 is 0 Å². The largest absolute Gasteiger partial charge is 0.335 e. The van der Waals surface area contributed by atoms with Gasteiger partial charge in [-0.05, 0) is 25.5 Å². The molecule has 0 saturated heterocycles. The molecule has 0 spiro atoms. The molecule has 0 atom stereocenters. The van der Waals surface area contributed by atoms with Gasteiger partial charge < -0.3 is 4.84 Å². The van der Waals surface area contributed by atoms with E-state index in [2.05, 4.69) is 17.1 Å². The highest BCUT2D eigenvalue weighted by molar-refractivity contribution is 5.96. The maximum atomic E-state index is 11.6. The lowest BCUT2D eigenvalue weighted by Gasteiger charge is -2.02. The monoisotopic (exact) mass is 318 g/mol. The van der Waals surface area contributed by atoms with Gasteiger partial charge >= 0.3 is 5.97 Å². The summed E-state index contributed by atoms with van der Waals surface area (Å²) in [5.74, 6) is -0.261. The highest BCUT2D eigenvalue weighted by Gasteiger charge is 2.04. The van der Waals surface area contributed by atoms with Crippen molar-refractivity contribution in [3.8, 4) is 0 Å². The highest BCUT2D eigenvalue weighted by Crippen LogP contribution is 2.10. The van der Waals surface area contributed by atoms with Crippen molar-refractivity contribution in [3.05, 3.63) is 30.1 Å². The predicted molar refractivity (Wildman–Crippen MR) is 94.4 cm³/mol. The third kappa shape index (κ3) is 9.82. The molecule has 0 aliphatic rings. The Morgan fingerprint density at radius 3 is 2.30 bits per heavy atom. The van der Waals surface area contributed by atoms with Crippen LogP contribution in [-0.2, 0) is 9.63 Å². The number of hydrogen-bond acceptors (Lipinski definition) is 4. The molecule has 0 aliphatic heterocycles. The molecule has 0 aliphatic carbocycles. The summed E-state index contributed by atoms with van der Waals surface area (Å²) in [5, 5.41) is 3.86. The summed E-state index contributed by atoms with van der Waals surface area (Å²) in [6.45, 7) is 4.02. The summed E-state index contributed by atoms with van der Waals surface area (Å²) in [5.41, 5.74) is 1.34. The summed E-state index contributed by atoms with van der Waals surface area (Å²) < 4.78 is 0. The molecular formula is C19H30N2O2. The Labute approximate surface area is 140 Å². The van der Waals surface area contributed by atoms with Gasteiger partial charge in [-0.2, -0.15) is 0 Å². The summed E-state index contributed by atoms with van der Waals surface area (Å²) >= 11 is 0. The minimum atomic E-state index is -0.261. The lowest BCUT2D eigenvalue weighted by molar-refractivity contribution is -0.143. The normalized spacial score (nSPS) is 11.5. The van der Waals surface area contributed by atoms with Crippen LogP contribution in [0.5, 0.6) is 0 Å². The van der Waals surface area contributed by atoms with E-state index in [4.69, 9.17) is 4.84 Å². The van der Waals surface area contributed by atoms with Crippen LogP contribution in [0.2, 0.25) is 0 Å². The van der Waals surface area contributed by atoms with E-state index in [0.29, 0.717) is 12.1 Å². The third-order valence-corrected chi connectivity index (χ3v) is 3.80. The van der Waals surface area contributed by atoms with Gasteiger partial charge in [-0.15, -0.1) is 0 Å². The second-order valence-corrected chi connectivity index (χ2v) is 5.93. The maximum Gasteiger partial charge on any atom is 0.335 e. The SMILES string of the molecule is CCCCCCCCCCCC(=O)O/N=C(\C)c1ccccn1. The zero-order valence-electron chi connectivity index (χ0n) is 14.6. The van der Waals surface area contributed by atoms with Gasteiger partial charge in [0.15, 0.2) is 0 Å². The smallest absolute Gasteiger partial charge is 0.318 e. The van der Waals surface area contributed by atoms with Gasteiger partial charge in [0.25, 0.3) is 0 Å². The van der Waals surface area contributed by atoms with E-state index in [1.54, 1.807) is 13.1 Å². The standard InChI is InChI=1S/C19H30N2O2/c1-3-4-5-6-7-8-9-10-11-15-19(22)23-21-17(2)18-14-12-13-16-20-18/h12-14,16H,3-11,15H2,1-2H3/b21-17+. The van der Waals surface area contributed by atoms with Gasteiger partial charge in [0.1, 0.15) is 5.71 Å². The Hall–Kier alpha value is -1.71. The average molecular weight is 318 g/mol. The van der Waals surface area contributed by atoms with Crippen molar-refractivity contribution in [1.29, 1.82) is 0 Å². The number of carbonyl (C=O) groups excluding carboxylic acids is 1. The van der Waals surface area contributed by atoms with Gasteiger partial charge in [0, 0.05) is 12.6 Å². The Morgan fingerprint density at radius 2 is 1.70 bits per heavy atom. The number of pyridine rings is 1. The molecule has 0 unspecified atom stereocenters. The van der Waals surface area contributed by atoms with Crippen molar-refractivity contribution < 1.29 is 9.63 Å². The van der Waals surface area contributed by atoms with Crippen LogP contribution in [0, 0.1) is 0 Å².